The quantitative estimate of drug-likeness (QED) is 0.375. The van der Waals surface area contributed by atoms with E-state index >= 15 is 0 Å². The molecule has 2 aromatic heterocycles. The van der Waals surface area contributed by atoms with Gasteiger partial charge in [0.15, 0.2) is 5.78 Å². The highest BCUT2D eigenvalue weighted by atomic mass is 32.1. The molecule has 0 saturated carbocycles. The predicted octanol–water partition coefficient (Wildman–Crippen LogP) is 5.81. The third-order valence-corrected chi connectivity index (χ3v) is 7.55. The van der Waals surface area contributed by atoms with Crippen LogP contribution in [-0.2, 0) is 19.4 Å². The van der Waals surface area contributed by atoms with E-state index in [2.05, 4.69) is 23.2 Å². The van der Waals surface area contributed by atoms with Crippen LogP contribution in [0.1, 0.15) is 51.3 Å². The number of hydrogen-bond donors (Lipinski definition) is 0. The number of thiophene rings is 1. The van der Waals surface area contributed by atoms with E-state index in [0.29, 0.717) is 16.8 Å². The van der Waals surface area contributed by atoms with Crippen LogP contribution in [0.25, 0.3) is 21.3 Å². The summed E-state index contributed by atoms with van der Waals surface area (Å²) in [6, 6.07) is 12.2. The third-order valence-electron chi connectivity index (χ3n) is 6.67. The van der Waals surface area contributed by atoms with Crippen LogP contribution in [0.4, 0.5) is 0 Å². The van der Waals surface area contributed by atoms with Crippen molar-refractivity contribution in [1.29, 1.82) is 0 Å². The Morgan fingerprint density at radius 2 is 1.78 bits per heavy atom. The minimum absolute atomic E-state index is 0.00438. The van der Waals surface area contributed by atoms with Gasteiger partial charge in [0.25, 0.3) is 5.56 Å². The van der Waals surface area contributed by atoms with Crippen LogP contribution in [0, 0.1) is 20.8 Å². The van der Waals surface area contributed by atoms with E-state index in [0.717, 1.165) is 39.9 Å². The van der Waals surface area contributed by atoms with E-state index in [1.54, 1.807) is 6.92 Å². The van der Waals surface area contributed by atoms with Crippen LogP contribution in [0.3, 0.4) is 0 Å². The Hall–Kier alpha value is -3.05. The molecule has 162 valence electrons. The highest BCUT2D eigenvalue weighted by Gasteiger charge is 2.19. The number of aryl methyl sites for hydroxylation is 5. The largest absolute Gasteiger partial charge is 0.292 e. The maximum Gasteiger partial charge on any atom is 0.263 e. The van der Waals surface area contributed by atoms with E-state index in [4.69, 9.17) is 0 Å². The van der Waals surface area contributed by atoms with Gasteiger partial charge in [-0.25, -0.2) is 4.98 Å². The van der Waals surface area contributed by atoms with Gasteiger partial charge in [0.2, 0.25) is 0 Å². The fourth-order valence-electron chi connectivity index (χ4n) is 4.58. The van der Waals surface area contributed by atoms with Crippen molar-refractivity contribution < 1.29 is 4.79 Å². The maximum absolute atomic E-state index is 13.6. The lowest BCUT2D eigenvalue weighted by atomic mass is 9.89. The number of aromatic nitrogens is 2. The summed E-state index contributed by atoms with van der Waals surface area (Å²) in [5.41, 5.74) is 7.49. The molecule has 1 aliphatic rings. The topological polar surface area (TPSA) is 52.0 Å². The Balaban J connectivity index is 1.57. The van der Waals surface area contributed by atoms with Crippen LogP contribution in [0.2, 0.25) is 0 Å². The van der Waals surface area contributed by atoms with E-state index in [1.165, 1.54) is 39.9 Å². The molecule has 5 heteroatoms. The lowest BCUT2D eigenvalue weighted by Gasteiger charge is -2.16. The molecular weight excluding hydrogens is 416 g/mol. The normalized spacial score (nSPS) is 13.3. The number of rotatable bonds is 4. The molecule has 5 rings (SSSR count). The standard InChI is InChI=1S/C27H26N2O2S/c1-16-8-9-22(12-17(16)2)24(30)14-29-18(3)28-26-25(27(29)31)23(15-32-26)21-11-10-19-6-4-5-7-20(19)13-21/h8-13,15H,4-7,14H2,1-3H3. The molecule has 0 spiro atoms. The third kappa shape index (κ3) is 3.61. The van der Waals surface area contributed by atoms with Crippen molar-refractivity contribution in [3.63, 3.8) is 0 Å². The summed E-state index contributed by atoms with van der Waals surface area (Å²) in [4.78, 5) is 32.0. The zero-order chi connectivity index (χ0) is 22.4. The molecule has 2 aromatic carbocycles. The first-order chi connectivity index (χ1) is 15.4. The zero-order valence-electron chi connectivity index (χ0n) is 18.7. The number of Topliss-reactive ketones (excluding diaryl/α,β-unsaturated/α-hetero) is 1. The maximum atomic E-state index is 13.6. The summed E-state index contributed by atoms with van der Waals surface area (Å²) in [6.45, 7) is 5.81. The van der Waals surface area contributed by atoms with Crippen molar-refractivity contribution in [2.24, 2.45) is 0 Å². The molecule has 0 fully saturated rings. The van der Waals surface area contributed by atoms with Gasteiger partial charge in [-0.05, 0) is 80.3 Å². The van der Waals surface area contributed by atoms with Crippen LogP contribution in [0.15, 0.2) is 46.6 Å². The minimum Gasteiger partial charge on any atom is -0.292 e. The molecule has 0 bridgehead atoms. The van der Waals surface area contributed by atoms with Gasteiger partial charge in [0.05, 0.1) is 11.9 Å². The Bertz CT molecular complexity index is 1430. The van der Waals surface area contributed by atoms with Gasteiger partial charge in [-0.2, -0.15) is 0 Å². The fraction of sp³-hybridized carbons (Fsp3) is 0.296. The second kappa shape index (κ2) is 8.14. The van der Waals surface area contributed by atoms with Crippen LogP contribution in [-0.4, -0.2) is 15.3 Å². The Morgan fingerprint density at radius 3 is 2.56 bits per heavy atom. The first-order valence-electron chi connectivity index (χ1n) is 11.1. The number of carbonyl (C=O) groups is 1. The summed E-state index contributed by atoms with van der Waals surface area (Å²) in [7, 11) is 0. The summed E-state index contributed by atoms with van der Waals surface area (Å²) in [5.74, 6) is 0.489. The number of nitrogens with zero attached hydrogens (tertiary/aromatic N) is 2. The number of ketones is 1. The van der Waals surface area contributed by atoms with E-state index in [-0.39, 0.29) is 17.9 Å². The van der Waals surface area contributed by atoms with Crippen LogP contribution < -0.4 is 5.56 Å². The second-order valence-corrected chi connectivity index (χ2v) is 9.65. The molecule has 0 radical (unpaired) electrons. The predicted molar refractivity (Wildman–Crippen MR) is 131 cm³/mol. The first kappa shape index (κ1) is 20.8. The van der Waals surface area contributed by atoms with E-state index < -0.39 is 0 Å². The molecule has 0 aliphatic heterocycles. The van der Waals surface area contributed by atoms with E-state index in [9.17, 15) is 9.59 Å². The van der Waals surface area contributed by atoms with Gasteiger partial charge in [-0.3, -0.25) is 14.2 Å². The molecule has 0 atom stereocenters. The fourth-order valence-corrected chi connectivity index (χ4v) is 5.56. The monoisotopic (exact) mass is 442 g/mol. The van der Waals surface area contributed by atoms with Gasteiger partial charge in [-0.1, -0.05) is 30.3 Å². The summed E-state index contributed by atoms with van der Waals surface area (Å²) in [6.07, 6.45) is 4.69. The Morgan fingerprint density at radius 1 is 1.00 bits per heavy atom. The van der Waals surface area contributed by atoms with Crippen LogP contribution >= 0.6 is 11.3 Å². The van der Waals surface area contributed by atoms with Crippen molar-refractivity contribution >= 4 is 27.3 Å². The average Bonchev–Trinajstić information content (AvgIpc) is 3.21. The number of fused-ring (bicyclic) bond motifs is 2. The van der Waals surface area contributed by atoms with Crippen molar-refractivity contribution in [3.05, 3.63) is 85.8 Å². The highest BCUT2D eigenvalue weighted by molar-refractivity contribution is 7.17. The van der Waals surface area contributed by atoms with Gasteiger partial charge in [0.1, 0.15) is 10.7 Å². The van der Waals surface area contributed by atoms with Gasteiger partial charge < -0.3 is 0 Å². The molecular formula is C27H26N2O2S. The number of benzene rings is 2. The second-order valence-electron chi connectivity index (χ2n) is 8.79. The minimum atomic E-state index is -0.140. The molecule has 1 aliphatic carbocycles. The average molecular weight is 443 g/mol. The highest BCUT2D eigenvalue weighted by Crippen LogP contribution is 2.33. The van der Waals surface area contributed by atoms with Crippen molar-refractivity contribution in [3.8, 4) is 11.1 Å². The molecule has 0 amide bonds. The molecule has 32 heavy (non-hydrogen) atoms. The molecule has 0 N–H and O–H groups in total. The summed E-state index contributed by atoms with van der Waals surface area (Å²) >= 11 is 1.49. The lowest BCUT2D eigenvalue weighted by Crippen LogP contribution is -2.27. The van der Waals surface area contributed by atoms with Crippen molar-refractivity contribution in [2.45, 2.75) is 53.0 Å². The summed E-state index contributed by atoms with van der Waals surface area (Å²) < 4.78 is 1.52. The number of carbonyl (C=O) groups excluding carboxylic acids is 1. The zero-order valence-corrected chi connectivity index (χ0v) is 19.5. The molecule has 0 unspecified atom stereocenters. The van der Waals surface area contributed by atoms with Crippen molar-refractivity contribution in [1.82, 2.24) is 9.55 Å². The summed E-state index contributed by atoms with van der Waals surface area (Å²) in [5, 5.41) is 2.64. The lowest BCUT2D eigenvalue weighted by molar-refractivity contribution is 0.0969. The molecule has 4 nitrogen and oxygen atoms in total. The van der Waals surface area contributed by atoms with Gasteiger partial charge >= 0.3 is 0 Å². The Labute approximate surface area is 191 Å². The van der Waals surface area contributed by atoms with E-state index in [1.807, 2.05) is 37.4 Å². The van der Waals surface area contributed by atoms with Crippen LogP contribution in [0.5, 0.6) is 0 Å². The Kier molecular flexibility index (Phi) is 5.30. The molecule has 4 aromatic rings. The van der Waals surface area contributed by atoms with Gasteiger partial charge in [0, 0.05) is 16.5 Å². The SMILES string of the molecule is Cc1ccc(C(=O)Cn2c(C)nc3scc(-c4ccc5c(c4)CCCC5)c3c2=O)cc1C. The van der Waals surface area contributed by atoms with Crippen molar-refractivity contribution in [2.75, 3.05) is 0 Å². The smallest absolute Gasteiger partial charge is 0.263 e. The van der Waals surface area contributed by atoms with Gasteiger partial charge in [-0.15, -0.1) is 11.3 Å². The first-order valence-corrected chi connectivity index (χ1v) is 12.0. The molecule has 2 heterocycles. The number of hydrogen-bond acceptors (Lipinski definition) is 4. The molecule has 0 saturated heterocycles.